The maximum absolute atomic E-state index is 12.2. The van der Waals surface area contributed by atoms with Gasteiger partial charge in [0.25, 0.3) is 0 Å². The maximum atomic E-state index is 12.2. The molecular weight excluding hydrogens is 382 g/mol. The van der Waals surface area contributed by atoms with Crippen LogP contribution in [0.1, 0.15) is 31.7 Å². The molecule has 0 aliphatic heterocycles. The molecule has 0 aliphatic rings. The normalized spacial score (nSPS) is 11.3. The van der Waals surface area contributed by atoms with E-state index in [0.717, 1.165) is 30.3 Å². The van der Waals surface area contributed by atoms with Gasteiger partial charge in [-0.05, 0) is 43.2 Å². The Morgan fingerprint density at radius 2 is 1.97 bits per heavy atom. The Kier molecular flexibility index (Phi) is 7.06. The van der Waals surface area contributed by atoms with Crippen LogP contribution in [0, 0.1) is 6.92 Å². The predicted octanol–water partition coefficient (Wildman–Crippen LogP) is 5.54. The lowest BCUT2D eigenvalue weighted by Gasteiger charge is -2.06. The number of rotatable bonds is 9. The average Bonchev–Trinajstić information content (AvgIpc) is 3.02. The number of carbonyl (C=O) groups is 1. The Labute approximate surface area is 176 Å². The number of nitrogens with zero attached hydrogens (tertiary/aromatic N) is 3. The van der Waals surface area contributed by atoms with Gasteiger partial charge in [0.2, 0.25) is 5.88 Å². The highest BCUT2D eigenvalue weighted by Crippen LogP contribution is 2.40. The van der Waals surface area contributed by atoms with Gasteiger partial charge >= 0.3 is 5.91 Å². The van der Waals surface area contributed by atoms with Crippen molar-refractivity contribution in [1.82, 2.24) is 4.57 Å². The first kappa shape index (κ1) is 21.4. The van der Waals surface area contributed by atoms with E-state index in [9.17, 15) is 9.90 Å². The summed E-state index contributed by atoms with van der Waals surface area (Å²) in [5.74, 6) is 0.721. The minimum absolute atomic E-state index is 0.00858. The third-order valence-corrected chi connectivity index (χ3v) is 4.91. The highest BCUT2D eigenvalue weighted by Gasteiger charge is 2.18. The Balaban J connectivity index is 1.83. The summed E-state index contributed by atoms with van der Waals surface area (Å²) in [7, 11) is 1.58. The van der Waals surface area contributed by atoms with Crippen LogP contribution >= 0.6 is 0 Å². The summed E-state index contributed by atoms with van der Waals surface area (Å²) in [6.45, 7) is 4.46. The van der Waals surface area contributed by atoms with E-state index in [2.05, 4.69) is 17.2 Å². The van der Waals surface area contributed by atoms with E-state index >= 15 is 0 Å². The first-order valence-electron chi connectivity index (χ1n) is 10.1. The van der Waals surface area contributed by atoms with E-state index in [1.54, 1.807) is 23.8 Å². The molecule has 3 aromatic rings. The third kappa shape index (κ3) is 4.79. The Bertz CT molecular complexity index is 1060. The van der Waals surface area contributed by atoms with Crippen LogP contribution in [0.5, 0.6) is 17.4 Å². The molecule has 158 valence electrons. The SMILES string of the molecule is CCCCCn1c(O)c(N=NC(=O)COc2ccccc2C)c2cc(OC)ccc21. The van der Waals surface area contributed by atoms with Crippen molar-refractivity contribution >= 4 is 22.5 Å². The summed E-state index contributed by atoms with van der Waals surface area (Å²) in [5, 5.41) is 19.3. The second-order valence-electron chi connectivity index (χ2n) is 7.06. The maximum Gasteiger partial charge on any atom is 0.302 e. The number of azo groups is 1. The Morgan fingerprint density at radius 1 is 1.17 bits per heavy atom. The van der Waals surface area contributed by atoms with Crippen LogP contribution in [0.2, 0.25) is 0 Å². The monoisotopic (exact) mass is 409 g/mol. The highest BCUT2D eigenvalue weighted by atomic mass is 16.5. The number of amides is 1. The lowest BCUT2D eigenvalue weighted by atomic mass is 10.2. The van der Waals surface area contributed by atoms with Crippen molar-refractivity contribution in [3.05, 3.63) is 48.0 Å². The van der Waals surface area contributed by atoms with Crippen molar-refractivity contribution < 1.29 is 19.4 Å². The van der Waals surface area contributed by atoms with Crippen molar-refractivity contribution in [2.45, 2.75) is 39.7 Å². The van der Waals surface area contributed by atoms with E-state index in [4.69, 9.17) is 9.47 Å². The van der Waals surface area contributed by atoms with Crippen LogP contribution in [-0.2, 0) is 11.3 Å². The van der Waals surface area contributed by atoms with Crippen LogP contribution in [0.15, 0.2) is 52.7 Å². The molecule has 1 amide bonds. The van der Waals surface area contributed by atoms with Gasteiger partial charge in [0.1, 0.15) is 11.5 Å². The summed E-state index contributed by atoms with van der Waals surface area (Å²) < 4.78 is 12.6. The third-order valence-electron chi connectivity index (χ3n) is 4.91. The minimum atomic E-state index is -0.535. The molecule has 7 heteroatoms. The molecular formula is C23H27N3O4. The summed E-state index contributed by atoms with van der Waals surface area (Å²) in [6.07, 6.45) is 3.07. The largest absolute Gasteiger partial charge is 0.497 e. The molecule has 0 atom stereocenters. The number of hydrogen-bond acceptors (Lipinski definition) is 5. The average molecular weight is 409 g/mol. The molecule has 0 fully saturated rings. The van der Waals surface area contributed by atoms with E-state index in [0.29, 0.717) is 23.4 Å². The summed E-state index contributed by atoms with van der Waals surface area (Å²) in [5.41, 5.74) is 2.01. The van der Waals surface area contributed by atoms with Gasteiger partial charge < -0.3 is 19.1 Å². The molecule has 1 heterocycles. The molecule has 7 nitrogen and oxygen atoms in total. The fourth-order valence-corrected chi connectivity index (χ4v) is 3.27. The zero-order valence-electron chi connectivity index (χ0n) is 17.6. The van der Waals surface area contributed by atoms with Gasteiger partial charge in [0.05, 0.1) is 12.6 Å². The van der Waals surface area contributed by atoms with Crippen molar-refractivity contribution in [2.24, 2.45) is 10.2 Å². The number of para-hydroxylation sites is 1. The second kappa shape index (κ2) is 9.91. The summed E-state index contributed by atoms with van der Waals surface area (Å²) in [6, 6.07) is 12.9. The molecule has 1 N–H and O–H groups in total. The standard InChI is InChI=1S/C23H27N3O4/c1-4-5-8-13-26-19-12-11-17(29-3)14-18(19)22(23(26)28)25-24-21(27)15-30-20-10-7-6-9-16(20)2/h6-7,9-12,14,28H,4-5,8,13,15H2,1-3H3. The van der Waals surface area contributed by atoms with E-state index in [1.807, 2.05) is 37.3 Å². The summed E-state index contributed by atoms with van der Waals surface area (Å²) >= 11 is 0. The lowest BCUT2D eigenvalue weighted by molar-refractivity contribution is -0.120. The predicted molar refractivity (Wildman–Crippen MR) is 116 cm³/mol. The molecule has 0 radical (unpaired) electrons. The number of hydrogen-bond donors (Lipinski definition) is 1. The number of benzene rings is 2. The lowest BCUT2D eigenvalue weighted by Crippen LogP contribution is -2.08. The van der Waals surface area contributed by atoms with Crippen LogP contribution < -0.4 is 9.47 Å². The van der Waals surface area contributed by atoms with Gasteiger partial charge in [-0.1, -0.05) is 38.0 Å². The van der Waals surface area contributed by atoms with Crippen molar-refractivity contribution in [3.63, 3.8) is 0 Å². The molecule has 30 heavy (non-hydrogen) atoms. The molecule has 0 spiro atoms. The number of carbonyl (C=O) groups excluding carboxylic acids is 1. The first-order chi connectivity index (χ1) is 14.5. The van der Waals surface area contributed by atoms with E-state index < -0.39 is 5.91 Å². The van der Waals surface area contributed by atoms with Gasteiger partial charge in [-0.2, -0.15) is 0 Å². The Morgan fingerprint density at radius 3 is 2.70 bits per heavy atom. The summed E-state index contributed by atoms with van der Waals surface area (Å²) in [4.78, 5) is 12.2. The number of ether oxygens (including phenoxy) is 2. The molecule has 0 saturated heterocycles. The topological polar surface area (TPSA) is 85.4 Å². The first-order valence-corrected chi connectivity index (χ1v) is 10.1. The number of fused-ring (bicyclic) bond motifs is 1. The molecule has 0 saturated carbocycles. The molecule has 0 bridgehead atoms. The fraction of sp³-hybridized carbons (Fsp3) is 0.348. The minimum Gasteiger partial charge on any atom is -0.497 e. The smallest absolute Gasteiger partial charge is 0.302 e. The van der Waals surface area contributed by atoms with Crippen LogP contribution in [0.4, 0.5) is 5.69 Å². The number of aryl methyl sites for hydroxylation is 2. The van der Waals surface area contributed by atoms with E-state index in [-0.39, 0.29) is 18.2 Å². The number of methoxy groups -OCH3 is 1. The number of unbranched alkanes of at least 4 members (excludes halogenated alkanes) is 2. The van der Waals surface area contributed by atoms with Gasteiger partial charge in [-0.3, -0.25) is 4.79 Å². The second-order valence-corrected chi connectivity index (χ2v) is 7.06. The van der Waals surface area contributed by atoms with Gasteiger partial charge in [-0.25, -0.2) is 0 Å². The van der Waals surface area contributed by atoms with Crippen LogP contribution in [0.25, 0.3) is 10.9 Å². The van der Waals surface area contributed by atoms with Gasteiger partial charge in [-0.15, -0.1) is 10.2 Å². The number of aromatic hydroxyl groups is 1. The molecule has 1 aromatic heterocycles. The Hall–Kier alpha value is -3.35. The van der Waals surface area contributed by atoms with Crippen molar-refractivity contribution in [1.29, 1.82) is 0 Å². The quantitative estimate of drug-likeness (QED) is 0.371. The van der Waals surface area contributed by atoms with Crippen LogP contribution in [0.3, 0.4) is 0 Å². The highest BCUT2D eigenvalue weighted by molar-refractivity contribution is 5.96. The molecule has 0 aliphatic carbocycles. The van der Waals surface area contributed by atoms with Crippen molar-refractivity contribution in [2.75, 3.05) is 13.7 Å². The molecule has 3 rings (SSSR count). The van der Waals surface area contributed by atoms with E-state index in [1.165, 1.54) is 0 Å². The van der Waals surface area contributed by atoms with Gasteiger partial charge in [0, 0.05) is 11.9 Å². The molecule has 0 unspecified atom stereocenters. The van der Waals surface area contributed by atoms with Crippen LogP contribution in [-0.4, -0.2) is 29.3 Å². The zero-order chi connectivity index (χ0) is 21.5. The molecule has 2 aromatic carbocycles. The zero-order valence-corrected chi connectivity index (χ0v) is 17.6. The number of aromatic nitrogens is 1. The van der Waals surface area contributed by atoms with Crippen molar-refractivity contribution in [3.8, 4) is 17.4 Å². The van der Waals surface area contributed by atoms with Gasteiger partial charge in [0.15, 0.2) is 12.3 Å². The fourth-order valence-electron chi connectivity index (χ4n) is 3.27.